The quantitative estimate of drug-likeness (QED) is 0.291. The van der Waals surface area contributed by atoms with Crippen LogP contribution < -0.4 is 4.57 Å². The van der Waals surface area contributed by atoms with Gasteiger partial charge < -0.3 is 0 Å². The van der Waals surface area contributed by atoms with Crippen molar-refractivity contribution >= 4 is 21.8 Å². The summed E-state index contributed by atoms with van der Waals surface area (Å²) in [5, 5.41) is 2.74. The van der Waals surface area contributed by atoms with Gasteiger partial charge in [0.25, 0.3) is 5.82 Å². The minimum Gasteiger partial charge on any atom is -0.237 e. The van der Waals surface area contributed by atoms with E-state index >= 15 is 0 Å². The molecule has 0 bridgehead atoms. The van der Waals surface area contributed by atoms with Gasteiger partial charge in [0.2, 0.25) is 0 Å². The van der Waals surface area contributed by atoms with E-state index in [0.29, 0.717) is 5.92 Å². The first-order chi connectivity index (χ1) is 14.8. The topological polar surface area (TPSA) is 8.81 Å². The number of para-hydroxylation sites is 1. The van der Waals surface area contributed by atoms with Gasteiger partial charge in [0, 0.05) is 22.4 Å². The second-order valence-corrected chi connectivity index (χ2v) is 11.8. The Bertz CT molecular complexity index is 1320. The van der Waals surface area contributed by atoms with Crippen molar-refractivity contribution in [2.75, 3.05) is 0 Å². The van der Waals surface area contributed by atoms with Gasteiger partial charge in [0.05, 0.1) is 13.2 Å². The van der Waals surface area contributed by atoms with Crippen LogP contribution in [0.15, 0.2) is 48.7 Å². The molecule has 32 heavy (non-hydrogen) atoms. The molecular formula is C30H39N2+. The van der Waals surface area contributed by atoms with Crippen molar-refractivity contribution in [1.29, 1.82) is 0 Å². The number of nitrogens with zero attached hydrogens (tertiary/aromatic N) is 2. The summed E-state index contributed by atoms with van der Waals surface area (Å²) in [6, 6.07) is 16.0. The number of fused-ring (bicyclic) bond motifs is 3. The van der Waals surface area contributed by atoms with Crippen LogP contribution in [0.4, 0.5) is 0 Å². The molecule has 2 aromatic heterocycles. The summed E-state index contributed by atoms with van der Waals surface area (Å²) in [6.07, 6.45) is 2.21. The van der Waals surface area contributed by atoms with E-state index in [9.17, 15) is 0 Å². The zero-order valence-electron chi connectivity index (χ0n) is 21.6. The van der Waals surface area contributed by atoms with Crippen LogP contribution in [0.5, 0.6) is 0 Å². The molecule has 0 aliphatic rings. The number of benzene rings is 2. The maximum absolute atomic E-state index is 2.51. The van der Waals surface area contributed by atoms with Gasteiger partial charge in [0.1, 0.15) is 11.0 Å². The number of hydrogen-bond donors (Lipinski definition) is 0. The molecule has 0 fully saturated rings. The normalized spacial score (nSPS) is 13.0. The zero-order valence-corrected chi connectivity index (χ0v) is 21.6. The van der Waals surface area contributed by atoms with E-state index < -0.39 is 0 Å². The number of hydrogen-bond acceptors (Lipinski definition) is 0. The highest BCUT2D eigenvalue weighted by molar-refractivity contribution is 6.12. The Hall–Kier alpha value is -2.61. The standard InChI is InChI=1S/C30H39N2/c1-19(2)23-18-24(30(7,8)9)27-22-13-11-12-14-25(22)32(28(27)20(23)3)26-17-21(29(4,5)6)15-16-31(26)10/h11-19H,1-10H3/q+1. The minimum absolute atomic E-state index is 0.0555. The Morgan fingerprint density at radius 3 is 2.12 bits per heavy atom. The van der Waals surface area contributed by atoms with E-state index in [-0.39, 0.29) is 10.8 Å². The third-order valence-electron chi connectivity index (χ3n) is 6.88. The fourth-order valence-electron chi connectivity index (χ4n) is 5.02. The second kappa shape index (κ2) is 7.47. The molecule has 2 nitrogen and oxygen atoms in total. The summed E-state index contributed by atoms with van der Waals surface area (Å²) in [5.41, 5.74) is 8.40. The van der Waals surface area contributed by atoms with Gasteiger partial charge in [-0.1, -0.05) is 73.6 Å². The number of aryl methyl sites for hydroxylation is 2. The number of pyridine rings is 1. The predicted molar refractivity (Wildman–Crippen MR) is 138 cm³/mol. The van der Waals surface area contributed by atoms with Crippen molar-refractivity contribution in [2.45, 2.75) is 79.1 Å². The van der Waals surface area contributed by atoms with Crippen molar-refractivity contribution in [2.24, 2.45) is 7.05 Å². The first-order valence-electron chi connectivity index (χ1n) is 11.9. The van der Waals surface area contributed by atoms with Crippen LogP contribution in [-0.4, -0.2) is 4.57 Å². The Morgan fingerprint density at radius 1 is 0.875 bits per heavy atom. The molecule has 0 aliphatic heterocycles. The smallest absolute Gasteiger partial charge is 0.237 e. The lowest BCUT2D eigenvalue weighted by molar-refractivity contribution is -0.665. The summed E-state index contributed by atoms with van der Waals surface area (Å²) >= 11 is 0. The summed E-state index contributed by atoms with van der Waals surface area (Å²) in [5.74, 6) is 1.69. The molecule has 0 aliphatic carbocycles. The van der Waals surface area contributed by atoms with Gasteiger partial charge >= 0.3 is 0 Å². The summed E-state index contributed by atoms with van der Waals surface area (Å²) in [4.78, 5) is 0. The van der Waals surface area contributed by atoms with Gasteiger partial charge in [-0.15, -0.1) is 0 Å². The van der Waals surface area contributed by atoms with E-state index in [1.165, 1.54) is 49.9 Å². The molecule has 2 heteroatoms. The van der Waals surface area contributed by atoms with Crippen molar-refractivity contribution in [3.8, 4) is 5.82 Å². The molecule has 4 aromatic rings. The molecule has 0 atom stereocenters. The molecule has 0 saturated carbocycles. The summed E-state index contributed by atoms with van der Waals surface area (Å²) in [7, 11) is 2.16. The Labute approximate surface area is 193 Å². The van der Waals surface area contributed by atoms with Crippen LogP contribution in [0.1, 0.15) is 83.6 Å². The second-order valence-electron chi connectivity index (χ2n) is 11.8. The van der Waals surface area contributed by atoms with Crippen LogP contribution in [-0.2, 0) is 17.9 Å². The van der Waals surface area contributed by atoms with Gasteiger partial charge in [-0.05, 0) is 58.6 Å². The Balaban J connectivity index is 2.28. The minimum atomic E-state index is 0.0555. The van der Waals surface area contributed by atoms with E-state index in [1.54, 1.807) is 0 Å². The molecule has 2 aromatic carbocycles. The van der Waals surface area contributed by atoms with Gasteiger partial charge in [0.15, 0.2) is 0 Å². The third kappa shape index (κ3) is 3.54. The first-order valence-corrected chi connectivity index (χ1v) is 11.9. The fourth-order valence-corrected chi connectivity index (χ4v) is 5.02. The molecule has 0 radical (unpaired) electrons. The monoisotopic (exact) mass is 427 g/mol. The van der Waals surface area contributed by atoms with E-state index in [4.69, 9.17) is 0 Å². The van der Waals surface area contributed by atoms with Crippen molar-refractivity contribution in [3.05, 3.63) is 70.9 Å². The molecule has 0 N–H and O–H groups in total. The van der Waals surface area contributed by atoms with Gasteiger partial charge in [-0.3, -0.25) is 0 Å². The average molecular weight is 428 g/mol. The lowest BCUT2D eigenvalue weighted by Gasteiger charge is -2.24. The predicted octanol–water partition coefficient (Wildman–Crippen LogP) is 7.64. The summed E-state index contributed by atoms with van der Waals surface area (Å²) < 4.78 is 4.77. The molecule has 0 unspecified atom stereocenters. The van der Waals surface area contributed by atoms with Crippen LogP contribution in [0.3, 0.4) is 0 Å². The number of aromatic nitrogens is 2. The molecular weight excluding hydrogens is 388 g/mol. The Morgan fingerprint density at radius 2 is 1.53 bits per heavy atom. The first kappa shape index (κ1) is 22.6. The van der Waals surface area contributed by atoms with Crippen molar-refractivity contribution in [3.63, 3.8) is 0 Å². The Kier molecular flexibility index (Phi) is 5.27. The SMILES string of the molecule is Cc1c(C(C)C)cc(C(C)(C)C)c2c3ccccc3n(-c3cc(C(C)(C)C)cc[n+]3C)c12. The van der Waals surface area contributed by atoms with Crippen LogP contribution in [0.2, 0.25) is 0 Å². The van der Waals surface area contributed by atoms with E-state index in [2.05, 4.69) is 127 Å². The largest absolute Gasteiger partial charge is 0.286 e. The van der Waals surface area contributed by atoms with Crippen LogP contribution >= 0.6 is 0 Å². The lowest BCUT2D eigenvalue weighted by Crippen LogP contribution is -2.34. The maximum Gasteiger partial charge on any atom is 0.286 e. The molecule has 2 heterocycles. The highest BCUT2D eigenvalue weighted by Crippen LogP contribution is 2.42. The van der Waals surface area contributed by atoms with Crippen LogP contribution in [0.25, 0.3) is 27.6 Å². The molecule has 168 valence electrons. The van der Waals surface area contributed by atoms with E-state index in [1.807, 2.05) is 0 Å². The molecule has 0 amide bonds. The van der Waals surface area contributed by atoms with Crippen molar-refractivity contribution in [1.82, 2.24) is 4.57 Å². The van der Waals surface area contributed by atoms with Crippen LogP contribution in [0, 0.1) is 6.92 Å². The third-order valence-corrected chi connectivity index (χ3v) is 6.88. The zero-order chi connectivity index (χ0) is 23.6. The molecule has 0 saturated heterocycles. The molecule has 4 rings (SSSR count). The fraction of sp³-hybridized carbons (Fsp3) is 0.433. The molecule has 0 spiro atoms. The van der Waals surface area contributed by atoms with E-state index in [0.717, 1.165) is 0 Å². The number of rotatable bonds is 2. The van der Waals surface area contributed by atoms with Crippen molar-refractivity contribution < 1.29 is 4.57 Å². The maximum atomic E-state index is 2.51. The average Bonchev–Trinajstić information content (AvgIpc) is 3.02. The van der Waals surface area contributed by atoms with Gasteiger partial charge in [-0.25, -0.2) is 4.57 Å². The lowest BCUT2D eigenvalue weighted by atomic mass is 9.80. The summed E-state index contributed by atoms with van der Waals surface area (Å²) in [6.45, 7) is 20.8. The highest BCUT2D eigenvalue weighted by Gasteiger charge is 2.30. The highest BCUT2D eigenvalue weighted by atomic mass is 15.1. The van der Waals surface area contributed by atoms with Gasteiger partial charge in [-0.2, -0.15) is 4.57 Å².